The van der Waals surface area contributed by atoms with Gasteiger partial charge in [0.15, 0.2) is 11.4 Å². The van der Waals surface area contributed by atoms with Crippen molar-refractivity contribution in [1.29, 1.82) is 0 Å². The highest BCUT2D eigenvalue weighted by Gasteiger charge is 2.42. The number of hydrogen-bond acceptors (Lipinski definition) is 5. The maximum absolute atomic E-state index is 13.3. The van der Waals surface area contributed by atoms with E-state index in [0.29, 0.717) is 19.9 Å². The second-order valence-corrected chi connectivity index (χ2v) is 8.57. The standard InChI is InChI=1S/C25H23N3O4/c29-21-11-12-27-23(24(21)30)25(31)26(18-13-32-14-18)15-28(27)22-19-7-3-1-5-16(19)9-10-17-6-2-4-8-20(17)22/h1-8,11-12,18,22,30H,9-10,13-15H2. The van der Waals surface area contributed by atoms with E-state index in [1.54, 1.807) is 15.8 Å². The maximum Gasteiger partial charge on any atom is 0.278 e. The van der Waals surface area contributed by atoms with Crippen LogP contribution < -0.4 is 10.4 Å². The van der Waals surface area contributed by atoms with E-state index in [0.717, 1.165) is 12.8 Å². The van der Waals surface area contributed by atoms with Gasteiger partial charge in [-0.05, 0) is 35.1 Å². The lowest BCUT2D eigenvalue weighted by Crippen LogP contribution is -2.62. The molecule has 6 rings (SSSR count). The predicted molar refractivity (Wildman–Crippen MR) is 118 cm³/mol. The van der Waals surface area contributed by atoms with Crippen molar-refractivity contribution in [2.24, 2.45) is 0 Å². The van der Waals surface area contributed by atoms with Gasteiger partial charge in [-0.3, -0.25) is 19.3 Å². The molecular weight excluding hydrogens is 406 g/mol. The fourth-order valence-electron chi connectivity index (χ4n) is 5.06. The van der Waals surface area contributed by atoms with Crippen molar-refractivity contribution < 1.29 is 14.6 Å². The van der Waals surface area contributed by atoms with E-state index in [1.165, 1.54) is 28.3 Å². The van der Waals surface area contributed by atoms with E-state index < -0.39 is 11.2 Å². The Morgan fingerprint density at radius 2 is 1.50 bits per heavy atom. The molecule has 162 valence electrons. The molecule has 0 spiro atoms. The molecule has 3 aromatic rings. The van der Waals surface area contributed by atoms with E-state index in [4.69, 9.17) is 4.74 Å². The Balaban J connectivity index is 1.60. The summed E-state index contributed by atoms with van der Waals surface area (Å²) < 4.78 is 7.01. The van der Waals surface area contributed by atoms with E-state index in [2.05, 4.69) is 41.4 Å². The fourth-order valence-corrected chi connectivity index (χ4v) is 5.06. The maximum atomic E-state index is 13.3. The number of fused-ring (bicyclic) bond motifs is 3. The van der Waals surface area contributed by atoms with E-state index in [9.17, 15) is 14.7 Å². The van der Waals surface area contributed by atoms with Crippen molar-refractivity contribution in [3.63, 3.8) is 0 Å². The molecule has 1 fully saturated rings. The largest absolute Gasteiger partial charge is 0.502 e. The first-order valence-electron chi connectivity index (χ1n) is 10.9. The Kier molecular flexibility index (Phi) is 4.33. The van der Waals surface area contributed by atoms with Gasteiger partial charge in [0, 0.05) is 12.3 Å². The fraction of sp³-hybridized carbons (Fsp3) is 0.280. The van der Waals surface area contributed by atoms with Gasteiger partial charge in [-0.1, -0.05) is 48.5 Å². The zero-order valence-electron chi connectivity index (χ0n) is 17.5. The first-order valence-corrected chi connectivity index (χ1v) is 10.9. The molecule has 3 heterocycles. The molecule has 7 heteroatoms. The first-order chi connectivity index (χ1) is 15.6. The first kappa shape index (κ1) is 19.1. The second kappa shape index (κ2) is 7.24. The molecule has 7 nitrogen and oxygen atoms in total. The Morgan fingerprint density at radius 1 is 0.875 bits per heavy atom. The number of rotatable bonds is 2. The van der Waals surface area contributed by atoms with Gasteiger partial charge in [0.05, 0.1) is 25.3 Å². The van der Waals surface area contributed by atoms with Crippen LogP contribution in [0.3, 0.4) is 0 Å². The average Bonchev–Trinajstić information content (AvgIpc) is 2.94. The minimum Gasteiger partial charge on any atom is -0.502 e. The normalized spacial score (nSPS) is 18.4. The van der Waals surface area contributed by atoms with Crippen molar-refractivity contribution in [1.82, 2.24) is 9.58 Å². The number of nitrogens with zero attached hydrogens (tertiary/aromatic N) is 3. The molecule has 2 aliphatic heterocycles. The number of aromatic nitrogens is 1. The molecule has 32 heavy (non-hydrogen) atoms. The smallest absolute Gasteiger partial charge is 0.278 e. The monoisotopic (exact) mass is 429 g/mol. The number of carbonyl (C=O) groups excluding carboxylic acids is 1. The molecular formula is C25H23N3O4. The number of pyridine rings is 1. The van der Waals surface area contributed by atoms with Crippen LogP contribution in [0.4, 0.5) is 0 Å². The molecule has 1 amide bonds. The number of benzene rings is 2. The lowest BCUT2D eigenvalue weighted by molar-refractivity contribution is -0.0586. The summed E-state index contributed by atoms with van der Waals surface area (Å²) in [5, 5.41) is 12.7. The van der Waals surface area contributed by atoms with Gasteiger partial charge in [0.25, 0.3) is 5.91 Å². The van der Waals surface area contributed by atoms with Gasteiger partial charge in [-0.15, -0.1) is 0 Å². The van der Waals surface area contributed by atoms with Crippen molar-refractivity contribution in [2.45, 2.75) is 24.9 Å². The van der Waals surface area contributed by atoms with E-state index in [1.807, 2.05) is 12.1 Å². The molecule has 1 saturated heterocycles. The highest BCUT2D eigenvalue weighted by Crippen LogP contribution is 2.38. The van der Waals surface area contributed by atoms with Crippen LogP contribution in [0.25, 0.3) is 0 Å². The third-order valence-corrected chi connectivity index (χ3v) is 6.81. The predicted octanol–water partition coefficient (Wildman–Crippen LogP) is 2.19. The lowest BCUT2D eigenvalue weighted by Gasteiger charge is -2.48. The number of amides is 1. The van der Waals surface area contributed by atoms with E-state index in [-0.39, 0.29) is 23.7 Å². The average molecular weight is 429 g/mol. The molecule has 0 saturated carbocycles. The van der Waals surface area contributed by atoms with Crippen LogP contribution in [0.15, 0.2) is 65.6 Å². The highest BCUT2D eigenvalue weighted by atomic mass is 16.5. The van der Waals surface area contributed by atoms with Crippen molar-refractivity contribution in [2.75, 3.05) is 24.9 Å². The molecule has 0 unspecified atom stereocenters. The summed E-state index contributed by atoms with van der Waals surface area (Å²) in [5.74, 6) is -0.859. The summed E-state index contributed by atoms with van der Waals surface area (Å²) in [6.07, 6.45) is 3.46. The molecule has 0 atom stereocenters. The van der Waals surface area contributed by atoms with Crippen LogP contribution in [0, 0.1) is 0 Å². The number of carbonyl (C=O) groups is 1. The minimum absolute atomic E-state index is 0.00913. The summed E-state index contributed by atoms with van der Waals surface area (Å²) in [6.45, 7) is 1.24. The lowest BCUT2D eigenvalue weighted by atomic mass is 9.94. The van der Waals surface area contributed by atoms with Gasteiger partial charge in [-0.25, -0.2) is 0 Å². The highest BCUT2D eigenvalue weighted by molar-refractivity contribution is 5.96. The molecule has 1 N–H and O–H groups in total. The Hall–Kier alpha value is -3.58. The van der Waals surface area contributed by atoms with Crippen molar-refractivity contribution in [3.05, 3.63) is 99.0 Å². The SMILES string of the molecule is O=C1c2c(O)c(=O)ccn2N(C2c3ccccc3CCc3ccccc32)CN1C1COC1. The van der Waals surface area contributed by atoms with Crippen LogP contribution >= 0.6 is 0 Å². The quantitative estimate of drug-likeness (QED) is 0.676. The van der Waals surface area contributed by atoms with Crippen LogP contribution in [0.2, 0.25) is 0 Å². The minimum atomic E-state index is -0.557. The topological polar surface area (TPSA) is 75.0 Å². The van der Waals surface area contributed by atoms with Crippen LogP contribution in [0.5, 0.6) is 5.75 Å². The van der Waals surface area contributed by atoms with Gasteiger partial charge in [-0.2, -0.15) is 0 Å². The Labute approximate surface area is 185 Å². The second-order valence-electron chi connectivity index (χ2n) is 8.57. The molecule has 3 aliphatic rings. The zero-order valence-corrected chi connectivity index (χ0v) is 17.5. The third kappa shape index (κ3) is 2.78. The summed E-state index contributed by atoms with van der Waals surface area (Å²) in [5.41, 5.74) is 4.31. The van der Waals surface area contributed by atoms with Gasteiger partial charge in [0.2, 0.25) is 5.43 Å². The number of aryl methyl sites for hydroxylation is 2. The number of aromatic hydroxyl groups is 1. The summed E-state index contributed by atoms with van der Waals surface area (Å²) in [4.78, 5) is 27.3. The van der Waals surface area contributed by atoms with Crippen LogP contribution in [-0.4, -0.2) is 46.5 Å². The summed E-state index contributed by atoms with van der Waals surface area (Å²) >= 11 is 0. The molecule has 1 aliphatic carbocycles. The Morgan fingerprint density at radius 3 is 2.09 bits per heavy atom. The van der Waals surface area contributed by atoms with Gasteiger partial charge in [0.1, 0.15) is 6.67 Å². The summed E-state index contributed by atoms with van der Waals surface area (Å²) in [7, 11) is 0. The molecule has 1 aromatic heterocycles. The van der Waals surface area contributed by atoms with E-state index >= 15 is 0 Å². The third-order valence-electron chi connectivity index (χ3n) is 6.81. The summed E-state index contributed by atoms with van der Waals surface area (Å²) in [6, 6.07) is 17.8. The number of hydrogen-bond donors (Lipinski definition) is 1. The zero-order chi connectivity index (χ0) is 21.8. The van der Waals surface area contributed by atoms with Gasteiger partial charge < -0.3 is 14.7 Å². The van der Waals surface area contributed by atoms with Crippen molar-refractivity contribution in [3.8, 4) is 5.75 Å². The van der Waals surface area contributed by atoms with Gasteiger partial charge >= 0.3 is 0 Å². The molecule has 0 bridgehead atoms. The Bertz CT molecular complexity index is 1230. The molecule has 2 aromatic carbocycles. The van der Waals surface area contributed by atoms with Crippen LogP contribution in [-0.2, 0) is 17.6 Å². The van der Waals surface area contributed by atoms with Crippen molar-refractivity contribution >= 4 is 5.91 Å². The number of ether oxygens (including phenoxy) is 1. The molecule has 0 radical (unpaired) electrons. The van der Waals surface area contributed by atoms with Crippen LogP contribution in [0.1, 0.15) is 38.8 Å².